The number of carbonyl (C=O) groups excluding carboxylic acids is 1. The van der Waals surface area contributed by atoms with E-state index in [4.69, 9.17) is 5.73 Å². The molecule has 0 radical (unpaired) electrons. The predicted octanol–water partition coefficient (Wildman–Crippen LogP) is 1.76. The fourth-order valence-corrected chi connectivity index (χ4v) is 1.27. The molecule has 1 aromatic heterocycles. The molecule has 0 aliphatic heterocycles. The standard InChI is InChI=1S/C9H12BrN3O.2ClH/c1-6(3-11)13-9(14)7-2-8(10)5-12-4-7;;/h2,4-6H,3,11H2,1H3,(H,13,14);2*1H/t6-;;/m0../s1. The van der Waals surface area contributed by atoms with Crippen LogP contribution in [0.4, 0.5) is 0 Å². The molecule has 3 N–H and O–H groups in total. The van der Waals surface area contributed by atoms with Crippen molar-refractivity contribution in [1.82, 2.24) is 10.3 Å². The van der Waals surface area contributed by atoms with Crippen LogP contribution in [0.15, 0.2) is 22.9 Å². The van der Waals surface area contributed by atoms with Gasteiger partial charge in [-0.2, -0.15) is 0 Å². The van der Waals surface area contributed by atoms with Crippen molar-refractivity contribution >= 4 is 46.7 Å². The van der Waals surface area contributed by atoms with Crippen molar-refractivity contribution in [1.29, 1.82) is 0 Å². The van der Waals surface area contributed by atoms with Crippen LogP contribution < -0.4 is 11.1 Å². The van der Waals surface area contributed by atoms with Crippen LogP contribution in [0.5, 0.6) is 0 Å². The highest BCUT2D eigenvalue weighted by Crippen LogP contribution is 2.09. The molecule has 1 rings (SSSR count). The van der Waals surface area contributed by atoms with Gasteiger partial charge in [-0.3, -0.25) is 9.78 Å². The Morgan fingerprint density at radius 3 is 2.69 bits per heavy atom. The lowest BCUT2D eigenvalue weighted by Crippen LogP contribution is -2.37. The van der Waals surface area contributed by atoms with E-state index in [0.717, 1.165) is 4.47 Å². The van der Waals surface area contributed by atoms with Crippen LogP contribution in [-0.4, -0.2) is 23.5 Å². The number of pyridine rings is 1. The average Bonchev–Trinajstić information content (AvgIpc) is 2.17. The van der Waals surface area contributed by atoms with E-state index in [2.05, 4.69) is 26.2 Å². The lowest BCUT2D eigenvalue weighted by Gasteiger charge is -2.10. The Balaban J connectivity index is 0. The Kier molecular flexibility index (Phi) is 9.86. The first-order chi connectivity index (χ1) is 6.63. The van der Waals surface area contributed by atoms with Gasteiger partial charge in [-0.05, 0) is 28.9 Å². The summed E-state index contributed by atoms with van der Waals surface area (Å²) < 4.78 is 0.783. The first kappa shape index (κ1) is 18.0. The van der Waals surface area contributed by atoms with E-state index in [1.54, 1.807) is 12.3 Å². The zero-order valence-corrected chi connectivity index (χ0v) is 11.9. The SMILES string of the molecule is C[C@@H](CN)NC(=O)c1cncc(Br)c1.Cl.Cl. The maximum absolute atomic E-state index is 11.5. The van der Waals surface area contributed by atoms with Gasteiger partial charge in [0, 0.05) is 29.5 Å². The Bertz CT molecular complexity index is 338. The highest BCUT2D eigenvalue weighted by atomic mass is 79.9. The smallest absolute Gasteiger partial charge is 0.253 e. The monoisotopic (exact) mass is 329 g/mol. The first-order valence-corrected chi connectivity index (χ1v) is 5.04. The minimum Gasteiger partial charge on any atom is -0.348 e. The summed E-state index contributed by atoms with van der Waals surface area (Å²) in [6.07, 6.45) is 3.15. The molecular formula is C9H14BrCl2N3O. The van der Waals surface area contributed by atoms with Gasteiger partial charge in [0.25, 0.3) is 5.91 Å². The first-order valence-electron chi connectivity index (χ1n) is 4.25. The molecule has 0 fully saturated rings. The fraction of sp³-hybridized carbons (Fsp3) is 0.333. The molecule has 1 heterocycles. The molecule has 16 heavy (non-hydrogen) atoms. The van der Waals surface area contributed by atoms with Gasteiger partial charge in [-0.15, -0.1) is 24.8 Å². The number of rotatable bonds is 3. The largest absolute Gasteiger partial charge is 0.348 e. The predicted molar refractivity (Wildman–Crippen MR) is 72.4 cm³/mol. The summed E-state index contributed by atoms with van der Waals surface area (Å²) in [6.45, 7) is 2.27. The summed E-state index contributed by atoms with van der Waals surface area (Å²) in [7, 11) is 0. The van der Waals surface area contributed by atoms with Gasteiger partial charge in [0.1, 0.15) is 0 Å². The molecule has 0 saturated carbocycles. The van der Waals surface area contributed by atoms with E-state index in [1.807, 2.05) is 6.92 Å². The molecule has 7 heteroatoms. The second kappa shape index (κ2) is 8.75. The molecular weight excluding hydrogens is 317 g/mol. The van der Waals surface area contributed by atoms with E-state index in [0.29, 0.717) is 12.1 Å². The number of aromatic nitrogens is 1. The lowest BCUT2D eigenvalue weighted by molar-refractivity contribution is 0.0941. The van der Waals surface area contributed by atoms with Crippen molar-refractivity contribution in [3.05, 3.63) is 28.5 Å². The van der Waals surface area contributed by atoms with Crippen molar-refractivity contribution in [2.24, 2.45) is 5.73 Å². The zero-order chi connectivity index (χ0) is 10.6. The summed E-state index contributed by atoms with van der Waals surface area (Å²) in [5.41, 5.74) is 5.92. The number of hydrogen-bond acceptors (Lipinski definition) is 3. The second-order valence-electron chi connectivity index (χ2n) is 3.00. The summed E-state index contributed by atoms with van der Waals surface area (Å²) >= 11 is 3.25. The lowest BCUT2D eigenvalue weighted by atomic mass is 10.2. The Morgan fingerprint density at radius 1 is 1.56 bits per heavy atom. The minimum atomic E-state index is -0.156. The van der Waals surface area contributed by atoms with Crippen LogP contribution in [0.2, 0.25) is 0 Å². The summed E-state index contributed by atoms with van der Waals surface area (Å²) in [5.74, 6) is -0.156. The second-order valence-corrected chi connectivity index (χ2v) is 3.92. The molecule has 0 aliphatic carbocycles. The molecule has 0 spiro atoms. The molecule has 92 valence electrons. The number of nitrogens with two attached hydrogens (primary N) is 1. The molecule has 0 bridgehead atoms. The van der Waals surface area contributed by atoms with Crippen molar-refractivity contribution in [3.8, 4) is 0 Å². The Hall–Kier alpha value is -0.360. The van der Waals surface area contributed by atoms with Crippen molar-refractivity contribution in [3.63, 3.8) is 0 Å². The van der Waals surface area contributed by atoms with Gasteiger partial charge in [0.05, 0.1) is 5.56 Å². The zero-order valence-electron chi connectivity index (χ0n) is 8.64. The molecule has 4 nitrogen and oxygen atoms in total. The highest BCUT2D eigenvalue weighted by Gasteiger charge is 2.08. The molecule has 0 saturated heterocycles. The van der Waals surface area contributed by atoms with Gasteiger partial charge in [-0.25, -0.2) is 0 Å². The van der Waals surface area contributed by atoms with Gasteiger partial charge >= 0.3 is 0 Å². The number of hydrogen-bond donors (Lipinski definition) is 2. The van der Waals surface area contributed by atoms with E-state index in [-0.39, 0.29) is 36.8 Å². The van der Waals surface area contributed by atoms with Gasteiger partial charge in [0.15, 0.2) is 0 Å². The third-order valence-corrected chi connectivity index (χ3v) is 2.13. The molecule has 1 aromatic rings. The van der Waals surface area contributed by atoms with Crippen molar-refractivity contribution < 1.29 is 4.79 Å². The Morgan fingerprint density at radius 2 is 2.19 bits per heavy atom. The molecule has 1 amide bonds. The fourth-order valence-electron chi connectivity index (χ4n) is 0.902. The molecule has 0 unspecified atom stereocenters. The molecule has 0 aliphatic rings. The summed E-state index contributed by atoms with van der Waals surface area (Å²) in [4.78, 5) is 15.4. The maximum Gasteiger partial charge on any atom is 0.253 e. The number of amides is 1. The number of carbonyl (C=O) groups is 1. The normalized spacial score (nSPS) is 10.7. The van der Waals surface area contributed by atoms with E-state index in [1.165, 1.54) is 6.20 Å². The van der Waals surface area contributed by atoms with E-state index < -0.39 is 0 Å². The summed E-state index contributed by atoms with van der Waals surface area (Å²) in [6, 6.07) is 1.69. The van der Waals surface area contributed by atoms with Crippen LogP contribution in [0.25, 0.3) is 0 Å². The number of halogens is 3. The average molecular weight is 331 g/mol. The number of nitrogens with zero attached hydrogens (tertiary/aromatic N) is 1. The Labute approximate surface area is 115 Å². The van der Waals surface area contributed by atoms with Gasteiger partial charge in [0.2, 0.25) is 0 Å². The minimum absolute atomic E-state index is 0. The van der Waals surface area contributed by atoms with Gasteiger partial charge in [-0.1, -0.05) is 0 Å². The summed E-state index contributed by atoms with van der Waals surface area (Å²) in [5, 5.41) is 2.75. The van der Waals surface area contributed by atoms with Crippen LogP contribution >= 0.6 is 40.7 Å². The van der Waals surface area contributed by atoms with E-state index >= 15 is 0 Å². The third kappa shape index (κ3) is 5.65. The third-order valence-electron chi connectivity index (χ3n) is 1.70. The van der Waals surface area contributed by atoms with Crippen molar-refractivity contribution in [2.45, 2.75) is 13.0 Å². The van der Waals surface area contributed by atoms with Crippen LogP contribution in [0, 0.1) is 0 Å². The molecule has 0 aromatic carbocycles. The topological polar surface area (TPSA) is 68.0 Å². The quantitative estimate of drug-likeness (QED) is 0.887. The van der Waals surface area contributed by atoms with Crippen LogP contribution in [0.3, 0.4) is 0 Å². The van der Waals surface area contributed by atoms with Crippen LogP contribution in [0.1, 0.15) is 17.3 Å². The molecule has 1 atom stereocenters. The highest BCUT2D eigenvalue weighted by molar-refractivity contribution is 9.10. The number of nitrogens with one attached hydrogen (secondary N) is 1. The van der Waals surface area contributed by atoms with E-state index in [9.17, 15) is 4.79 Å². The maximum atomic E-state index is 11.5. The van der Waals surface area contributed by atoms with Gasteiger partial charge < -0.3 is 11.1 Å². The van der Waals surface area contributed by atoms with Crippen molar-refractivity contribution in [2.75, 3.05) is 6.54 Å². The van der Waals surface area contributed by atoms with Crippen LogP contribution in [-0.2, 0) is 0 Å².